The number of methoxy groups -OCH3 is 1. The van der Waals surface area contributed by atoms with Gasteiger partial charge in [-0.1, -0.05) is 24.6 Å². The van der Waals surface area contributed by atoms with Crippen LogP contribution < -0.4 is 10.5 Å². The van der Waals surface area contributed by atoms with Crippen LogP contribution in [0, 0.1) is 0 Å². The molecule has 4 aromatic heterocycles. The van der Waals surface area contributed by atoms with Gasteiger partial charge in [-0.05, 0) is 80.6 Å². The van der Waals surface area contributed by atoms with Crippen molar-refractivity contribution in [3.05, 3.63) is 83.2 Å². The maximum absolute atomic E-state index is 14.1. The first-order valence-electron chi connectivity index (χ1n) is 18.7. The quantitative estimate of drug-likeness (QED) is 0.212. The second kappa shape index (κ2) is 14.6. The molecule has 6 heterocycles. The highest BCUT2D eigenvalue weighted by atomic mass is 19.3. The number of piperidine rings is 1. The molecule has 2 aliphatic heterocycles. The number of ether oxygens (including phenoxy) is 2. The summed E-state index contributed by atoms with van der Waals surface area (Å²) in [6, 6.07) is 18.5. The van der Waals surface area contributed by atoms with Crippen LogP contribution in [0.4, 0.5) is 8.78 Å². The lowest BCUT2D eigenvalue weighted by Gasteiger charge is -2.36. The van der Waals surface area contributed by atoms with Crippen LogP contribution in [0.1, 0.15) is 70.8 Å². The van der Waals surface area contributed by atoms with Crippen molar-refractivity contribution in [3.8, 4) is 17.3 Å². The van der Waals surface area contributed by atoms with E-state index in [1.165, 1.54) is 0 Å². The summed E-state index contributed by atoms with van der Waals surface area (Å²) in [5.74, 6) is 0.728. The Morgan fingerprint density at radius 1 is 0.945 bits per heavy atom. The number of carbonyl (C=O) groups is 2. The van der Waals surface area contributed by atoms with Crippen LogP contribution in [0.25, 0.3) is 44.5 Å². The average molecular weight is 751 g/mol. The molecule has 0 unspecified atom stereocenters. The number of nitrogens with two attached hydrogens (primary N) is 1. The van der Waals surface area contributed by atoms with Gasteiger partial charge in [0.2, 0.25) is 0 Å². The molecule has 2 aliphatic rings. The number of para-hydroxylation sites is 1. The number of imidazole rings is 1. The predicted octanol–water partition coefficient (Wildman–Crippen LogP) is 6.49. The van der Waals surface area contributed by atoms with Gasteiger partial charge >= 0.3 is 6.61 Å². The molecule has 0 spiro atoms. The van der Waals surface area contributed by atoms with Crippen molar-refractivity contribution < 1.29 is 27.8 Å². The first kappa shape index (κ1) is 36.5. The van der Waals surface area contributed by atoms with Gasteiger partial charge in [0.1, 0.15) is 22.6 Å². The lowest BCUT2D eigenvalue weighted by atomic mass is 10.0. The monoisotopic (exact) mass is 750 g/mol. The molecule has 2 amide bonds. The second-order valence-corrected chi connectivity index (χ2v) is 14.6. The summed E-state index contributed by atoms with van der Waals surface area (Å²) in [5, 5.41) is 1.96. The van der Waals surface area contributed by atoms with Crippen LogP contribution in [-0.2, 0) is 24.8 Å². The zero-order chi connectivity index (χ0) is 38.5. The summed E-state index contributed by atoms with van der Waals surface area (Å²) in [6.07, 6.45) is 2.79. The number of aryl methyl sites for hydroxylation is 3. The van der Waals surface area contributed by atoms with Crippen LogP contribution in [0.5, 0.6) is 5.75 Å². The largest absolute Gasteiger partial charge is 0.494 e. The summed E-state index contributed by atoms with van der Waals surface area (Å²) in [4.78, 5) is 46.2. The predicted molar refractivity (Wildman–Crippen MR) is 205 cm³/mol. The standard InChI is InChI=1S/C41H44F2N8O4/c1-23-29-14-13-26-20-32(51(37(26)46-29)16-9-5-6-11-25-18-24-10-7-8-12-30(24)45-35(25)40(53)48(23)2)38-47-31-19-27(21-34(54-4)36(31)49(38)3)39(52)50-17-15-33(28(44)22-50)55-41(42)43/h7-8,10,12-14,18-21,23,28,33,41H,5-6,9,11,15-17,22,44H2,1-4H3/t23-,28+,33-/m1/s1. The molecule has 2 N–H and O–H groups in total. The Balaban J connectivity index is 1.15. The normalized spacial score (nSPS) is 19.8. The third-order valence-corrected chi connectivity index (χ3v) is 11.2. The SMILES string of the molecule is COc1cc(C(=O)N2CC[C@@H](OC(F)F)[C@@H](N)C2)cc2nc(-c3cc4ccc5nc4n3CCCCCc3cc4ccccc4nc3C(=O)N(C)[C@@H]5C)n(C)c12. The number of halogens is 2. The fourth-order valence-electron chi connectivity index (χ4n) is 8.07. The highest BCUT2D eigenvalue weighted by Gasteiger charge is 2.33. The van der Waals surface area contributed by atoms with E-state index in [9.17, 15) is 18.4 Å². The summed E-state index contributed by atoms with van der Waals surface area (Å²) in [6.45, 7) is 0.0682. The number of hydrogen-bond donors (Lipinski definition) is 1. The Bertz CT molecular complexity index is 2440. The van der Waals surface area contributed by atoms with Crippen molar-refractivity contribution in [1.29, 1.82) is 0 Å². The fraction of sp³-hybridized carbons (Fsp3) is 0.390. The summed E-state index contributed by atoms with van der Waals surface area (Å²) in [5.41, 5.74) is 12.5. The third-order valence-electron chi connectivity index (χ3n) is 11.2. The highest BCUT2D eigenvalue weighted by Crippen LogP contribution is 2.36. The topological polar surface area (TPSA) is 134 Å². The number of amides is 2. The molecule has 55 heavy (non-hydrogen) atoms. The zero-order valence-electron chi connectivity index (χ0n) is 31.3. The minimum absolute atomic E-state index is 0.0853. The average Bonchev–Trinajstić information content (AvgIpc) is 3.72. The first-order valence-corrected chi connectivity index (χ1v) is 18.7. The van der Waals surface area contributed by atoms with E-state index in [1.54, 1.807) is 36.1 Å². The van der Waals surface area contributed by atoms with Crippen molar-refractivity contribution in [1.82, 2.24) is 33.9 Å². The third kappa shape index (κ3) is 6.67. The highest BCUT2D eigenvalue weighted by molar-refractivity contribution is 6.00. The van der Waals surface area contributed by atoms with E-state index in [0.29, 0.717) is 34.9 Å². The lowest BCUT2D eigenvalue weighted by molar-refractivity contribution is -0.175. The van der Waals surface area contributed by atoms with Gasteiger partial charge in [-0.15, -0.1) is 0 Å². The molecular formula is C41H44F2N8O4. The minimum atomic E-state index is -2.92. The van der Waals surface area contributed by atoms with Gasteiger partial charge < -0.3 is 34.1 Å². The van der Waals surface area contributed by atoms with E-state index >= 15 is 0 Å². The smallest absolute Gasteiger partial charge is 0.345 e. The number of likely N-dealkylation sites (tertiary alicyclic amines) is 1. The molecule has 0 radical (unpaired) electrons. The van der Waals surface area contributed by atoms with Crippen molar-refractivity contribution >= 4 is 44.8 Å². The Morgan fingerprint density at radius 3 is 2.55 bits per heavy atom. The molecule has 3 atom stereocenters. The zero-order valence-corrected chi connectivity index (χ0v) is 31.3. The molecule has 6 aromatic rings. The second-order valence-electron chi connectivity index (χ2n) is 14.6. The van der Waals surface area contributed by atoms with Crippen molar-refractivity contribution in [3.63, 3.8) is 0 Å². The van der Waals surface area contributed by atoms with E-state index < -0.39 is 18.8 Å². The minimum Gasteiger partial charge on any atom is -0.494 e. The van der Waals surface area contributed by atoms with E-state index in [2.05, 4.69) is 21.4 Å². The number of benzene rings is 2. The fourth-order valence-corrected chi connectivity index (χ4v) is 8.07. The number of hydrogen-bond acceptors (Lipinski definition) is 8. The molecule has 0 saturated carbocycles. The van der Waals surface area contributed by atoms with Gasteiger partial charge in [-0.2, -0.15) is 8.78 Å². The van der Waals surface area contributed by atoms with Crippen LogP contribution in [0.3, 0.4) is 0 Å². The first-order chi connectivity index (χ1) is 26.5. The van der Waals surface area contributed by atoms with Crippen LogP contribution in [0.2, 0.25) is 0 Å². The van der Waals surface area contributed by atoms with E-state index in [0.717, 1.165) is 70.1 Å². The maximum atomic E-state index is 14.1. The lowest BCUT2D eigenvalue weighted by Crippen LogP contribution is -2.54. The maximum Gasteiger partial charge on any atom is 0.345 e. The van der Waals surface area contributed by atoms with Gasteiger partial charge in [0.25, 0.3) is 11.8 Å². The number of rotatable bonds is 5. The Morgan fingerprint density at radius 2 is 1.76 bits per heavy atom. The molecular weight excluding hydrogens is 706 g/mol. The molecule has 2 bridgehead atoms. The molecule has 2 aromatic carbocycles. The summed E-state index contributed by atoms with van der Waals surface area (Å²) < 4.78 is 40.4. The van der Waals surface area contributed by atoms with Crippen molar-refractivity contribution in [2.75, 3.05) is 27.2 Å². The number of fused-ring (bicyclic) bond motifs is 4. The van der Waals surface area contributed by atoms with Gasteiger partial charge in [-0.25, -0.2) is 15.0 Å². The van der Waals surface area contributed by atoms with Crippen molar-refractivity contribution in [2.45, 2.75) is 70.4 Å². The molecule has 286 valence electrons. The van der Waals surface area contributed by atoms with E-state index in [4.69, 9.17) is 25.4 Å². The van der Waals surface area contributed by atoms with E-state index in [1.807, 2.05) is 54.9 Å². The van der Waals surface area contributed by atoms with Crippen molar-refractivity contribution in [2.24, 2.45) is 12.8 Å². The summed E-state index contributed by atoms with van der Waals surface area (Å²) in [7, 11) is 5.28. The van der Waals surface area contributed by atoms with Crippen LogP contribution in [-0.4, -0.2) is 91.7 Å². The number of pyridine rings is 2. The molecule has 12 nitrogen and oxygen atoms in total. The van der Waals surface area contributed by atoms with Gasteiger partial charge in [0.15, 0.2) is 5.82 Å². The number of nitrogens with zero attached hydrogens (tertiary/aromatic N) is 7. The molecule has 1 fully saturated rings. The Hall–Kier alpha value is -5.47. The molecule has 1 saturated heterocycles. The molecule has 14 heteroatoms. The van der Waals surface area contributed by atoms with Crippen LogP contribution >= 0.6 is 0 Å². The number of alkyl halides is 2. The summed E-state index contributed by atoms with van der Waals surface area (Å²) >= 11 is 0. The number of carbonyl (C=O) groups excluding carboxylic acids is 2. The van der Waals surface area contributed by atoms with Gasteiger partial charge in [0, 0.05) is 56.1 Å². The number of aromatic nitrogens is 5. The van der Waals surface area contributed by atoms with Gasteiger partial charge in [-0.3, -0.25) is 9.59 Å². The van der Waals surface area contributed by atoms with Crippen LogP contribution in [0.15, 0.2) is 60.7 Å². The van der Waals surface area contributed by atoms with E-state index in [-0.39, 0.29) is 37.4 Å². The molecule has 0 aliphatic carbocycles. The Kier molecular flexibility index (Phi) is 9.72. The molecule has 8 rings (SSSR count). The Labute approximate surface area is 316 Å². The van der Waals surface area contributed by atoms with Gasteiger partial charge in [0.05, 0.1) is 41.7 Å².